The number of benzene rings is 2. The van der Waals surface area contributed by atoms with Crippen molar-refractivity contribution in [3.63, 3.8) is 0 Å². The number of hydrogen-bond acceptors (Lipinski definition) is 3. The largest absolute Gasteiger partial charge is 0.490 e. The van der Waals surface area contributed by atoms with Crippen molar-refractivity contribution in [2.45, 2.75) is 12.3 Å². The zero-order valence-electron chi connectivity index (χ0n) is 14.3. The lowest BCUT2D eigenvalue weighted by atomic mass is 9.89. The smallest absolute Gasteiger partial charge is 0.225 e. The number of thiophene rings is 1. The summed E-state index contributed by atoms with van der Waals surface area (Å²) >= 11 is 1.71. The summed E-state index contributed by atoms with van der Waals surface area (Å²) in [5, 5.41) is 5.22. The summed E-state index contributed by atoms with van der Waals surface area (Å²) in [5.41, 5.74) is 4.30. The SMILES string of the molecule is C=CCOc1ccc(C2CC(=O)Nc3c(-c4ccccc4)csc32)cc1. The van der Waals surface area contributed by atoms with Gasteiger partial charge in [-0.05, 0) is 23.3 Å². The zero-order valence-corrected chi connectivity index (χ0v) is 15.1. The minimum atomic E-state index is 0.0602. The first kappa shape index (κ1) is 16.6. The van der Waals surface area contributed by atoms with Gasteiger partial charge in [0.1, 0.15) is 12.4 Å². The Labute approximate surface area is 157 Å². The Balaban J connectivity index is 1.69. The van der Waals surface area contributed by atoms with Gasteiger partial charge in [0, 0.05) is 28.2 Å². The number of rotatable bonds is 5. The van der Waals surface area contributed by atoms with Crippen LogP contribution in [0, 0.1) is 0 Å². The van der Waals surface area contributed by atoms with E-state index in [1.165, 1.54) is 4.88 Å². The fourth-order valence-electron chi connectivity index (χ4n) is 3.28. The average molecular weight is 361 g/mol. The topological polar surface area (TPSA) is 38.3 Å². The van der Waals surface area contributed by atoms with Crippen molar-refractivity contribution in [1.29, 1.82) is 0 Å². The lowest BCUT2D eigenvalue weighted by Crippen LogP contribution is -2.22. The van der Waals surface area contributed by atoms with Gasteiger partial charge in [-0.25, -0.2) is 0 Å². The molecular weight excluding hydrogens is 342 g/mol. The van der Waals surface area contributed by atoms with Gasteiger partial charge in [-0.3, -0.25) is 4.79 Å². The molecule has 2 heterocycles. The Morgan fingerprint density at radius 1 is 1.15 bits per heavy atom. The summed E-state index contributed by atoms with van der Waals surface area (Å²) in [6, 6.07) is 18.2. The van der Waals surface area contributed by atoms with Crippen molar-refractivity contribution in [3.8, 4) is 16.9 Å². The highest BCUT2D eigenvalue weighted by atomic mass is 32.1. The predicted octanol–water partition coefficient (Wildman–Crippen LogP) is 5.45. The second-order valence-corrected chi connectivity index (χ2v) is 7.14. The molecule has 0 spiro atoms. The second kappa shape index (κ2) is 7.18. The Bertz CT molecular complexity index is 929. The normalized spacial score (nSPS) is 15.8. The van der Waals surface area contributed by atoms with E-state index in [-0.39, 0.29) is 11.8 Å². The van der Waals surface area contributed by atoms with E-state index in [0.29, 0.717) is 13.0 Å². The van der Waals surface area contributed by atoms with Gasteiger partial charge in [-0.15, -0.1) is 11.3 Å². The third kappa shape index (κ3) is 3.16. The molecule has 1 aliphatic rings. The number of nitrogens with one attached hydrogen (secondary N) is 1. The van der Waals surface area contributed by atoms with Crippen LogP contribution in [0.5, 0.6) is 5.75 Å². The number of anilines is 1. The Morgan fingerprint density at radius 3 is 2.65 bits per heavy atom. The van der Waals surface area contributed by atoms with Gasteiger partial charge < -0.3 is 10.1 Å². The summed E-state index contributed by atoms with van der Waals surface area (Å²) in [5.74, 6) is 0.949. The maximum atomic E-state index is 12.4. The van der Waals surface area contributed by atoms with Gasteiger partial charge in [0.2, 0.25) is 5.91 Å². The fourth-order valence-corrected chi connectivity index (χ4v) is 4.44. The monoisotopic (exact) mass is 361 g/mol. The summed E-state index contributed by atoms with van der Waals surface area (Å²) in [7, 11) is 0. The molecule has 1 aromatic heterocycles. The number of fused-ring (bicyclic) bond motifs is 1. The van der Waals surface area contributed by atoms with Crippen molar-refractivity contribution in [3.05, 3.63) is 83.1 Å². The molecular formula is C22H19NO2S. The van der Waals surface area contributed by atoms with Crippen molar-refractivity contribution < 1.29 is 9.53 Å². The van der Waals surface area contributed by atoms with Crippen LogP contribution < -0.4 is 10.1 Å². The maximum Gasteiger partial charge on any atom is 0.225 e. The van der Waals surface area contributed by atoms with Crippen LogP contribution in [0.15, 0.2) is 72.6 Å². The maximum absolute atomic E-state index is 12.4. The minimum Gasteiger partial charge on any atom is -0.490 e. The predicted molar refractivity (Wildman–Crippen MR) is 107 cm³/mol. The van der Waals surface area contributed by atoms with Crippen LogP contribution in [-0.2, 0) is 4.79 Å². The van der Waals surface area contributed by atoms with Crippen molar-refractivity contribution in [1.82, 2.24) is 0 Å². The molecule has 4 rings (SSSR count). The van der Waals surface area contributed by atoms with Gasteiger partial charge in [0.15, 0.2) is 0 Å². The molecule has 2 aromatic carbocycles. The number of hydrogen-bond donors (Lipinski definition) is 1. The summed E-state index contributed by atoms with van der Waals surface area (Å²) in [6.07, 6.45) is 2.19. The molecule has 1 N–H and O–H groups in total. The van der Waals surface area contributed by atoms with Crippen LogP contribution in [0.1, 0.15) is 22.8 Å². The molecule has 1 unspecified atom stereocenters. The average Bonchev–Trinajstić information content (AvgIpc) is 3.10. The van der Waals surface area contributed by atoms with Gasteiger partial charge in [-0.1, -0.05) is 55.1 Å². The van der Waals surface area contributed by atoms with E-state index in [1.807, 2.05) is 42.5 Å². The molecule has 130 valence electrons. The van der Waals surface area contributed by atoms with Gasteiger partial charge in [0.05, 0.1) is 5.69 Å². The molecule has 3 aromatic rings. The molecule has 0 radical (unpaired) electrons. The molecule has 0 saturated carbocycles. The van der Waals surface area contributed by atoms with Gasteiger partial charge >= 0.3 is 0 Å². The number of ether oxygens (including phenoxy) is 1. The van der Waals surface area contributed by atoms with E-state index >= 15 is 0 Å². The van der Waals surface area contributed by atoms with E-state index in [4.69, 9.17) is 4.74 Å². The highest BCUT2D eigenvalue weighted by molar-refractivity contribution is 7.11. The highest BCUT2D eigenvalue weighted by Gasteiger charge is 2.30. The van der Waals surface area contributed by atoms with Crippen LogP contribution in [-0.4, -0.2) is 12.5 Å². The molecule has 26 heavy (non-hydrogen) atoms. The van der Waals surface area contributed by atoms with Crippen molar-refractivity contribution in [2.24, 2.45) is 0 Å². The lowest BCUT2D eigenvalue weighted by molar-refractivity contribution is -0.116. The fraction of sp³-hybridized carbons (Fsp3) is 0.136. The Hall–Kier alpha value is -2.85. The second-order valence-electron chi connectivity index (χ2n) is 6.23. The van der Waals surface area contributed by atoms with Crippen LogP contribution >= 0.6 is 11.3 Å². The van der Waals surface area contributed by atoms with Crippen LogP contribution in [0.3, 0.4) is 0 Å². The van der Waals surface area contributed by atoms with Crippen LogP contribution in [0.2, 0.25) is 0 Å². The van der Waals surface area contributed by atoms with Crippen LogP contribution in [0.25, 0.3) is 11.1 Å². The van der Waals surface area contributed by atoms with E-state index in [9.17, 15) is 4.79 Å². The zero-order chi connectivity index (χ0) is 17.9. The molecule has 0 bridgehead atoms. The highest BCUT2D eigenvalue weighted by Crippen LogP contribution is 2.46. The first-order chi connectivity index (χ1) is 12.8. The molecule has 1 amide bonds. The van der Waals surface area contributed by atoms with E-state index in [2.05, 4.69) is 29.4 Å². The standard InChI is InChI=1S/C22H19NO2S/c1-2-12-25-17-10-8-16(9-11-17)18-13-20(24)23-21-19(14-26-22(18)21)15-6-4-3-5-7-15/h2-11,14,18H,1,12-13H2,(H,23,24). The van der Waals surface area contributed by atoms with E-state index in [0.717, 1.165) is 28.1 Å². The number of carbonyl (C=O) groups is 1. The summed E-state index contributed by atoms with van der Waals surface area (Å²) < 4.78 is 5.56. The van der Waals surface area contributed by atoms with E-state index < -0.39 is 0 Å². The first-order valence-electron chi connectivity index (χ1n) is 8.56. The molecule has 3 nitrogen and oxygen atoms in total. The first-order valence-corrected chi connectivity index (χ1v) is 9.44. The molecule has 1 atom stereocenters. The van der Waals surface area contributed by atoms with Gasteiger partial charge in [-0.2, -0.15) is 0 Å². The molecule has 0 aliphatic carbocycles. The Morgan fingerprint density at radius 2 is 1.92 bits per heavy atom. The van der Waals surface area contributed by atoms with Crippen molar-refractivity contribution in [2.75, 3.05) is 11.9 Å². The lowest BCUT2D eigenvalue weighted by Gasteiger charge is -2.24. The third-order valence-electron chi connectivity index (χ3n) is 4.53. The van der Waals surface area contributed by atoms with E-state index in [1.54, 1.807) is 17.4 Å². The third-order valence-corrected chi connectivity index (χ3v) is 5.62. The quantitative estimate of drug-likeness (QED) is 0.613. The molecule has 4 heteroatoms. The van der Waals surface area contributed by atoms with Crippen molar-refractivity contribution >= 4 is 22.9 Å². The molecule has 0 saturated heterocycles. The number of carbonyl (C=O) groups excluding carboxylic acids is 1. The molecule has 1 aliphatic heterocycles. The van der Waals surface area contributed by atoms with Gasteiger partial charge in [0.25, 0.3) is 0 Å². The number of amides is 1. The summed E-state index contributed by atoms with van der Waals surface area (Å²) in [6.45, 7) is 4.15. The van der Waals surface area contributed by atoms with Crippen LogP contribution in [0.4, 0.5) is 5.69 Å². The summed E-state index contributed by atoms with van der Waals surface area (Å²) in [4.78, 5) is 13.6. The molecule has 0 fully saturated rings. The Kier molecular flexibility index (Phi) is 4.59. The minimum absolute atomic E-state index is 0.0602.